The van der Waals surface area contributed by atoms with Gasteiger partial charge in [0.2, 0.25) is 5.91 Å². The minimum absolute atomic E-state index is 0.0831. The Morgan fingerprint density at radius 2 is 1.91 bits per heavy atom. The van der Waals surface area contributed by atoms with E-state index in [1.807, 2.05) is 9.47 Å². The van der Waals surface area contributed by atoms with Crippen molar-refractivity contribution in [1.29, 1.82) is 0 Å². The summed E-state index contributed by atoms with van der Waals surface area (Å²) in [6.45, 7) is 4.89. The molecule has 0 spiro atoms. The van der Waals surface area contributed by atoms with Crippen molar-refractivity contribution in [1.82, 2.24) is 19.7 Å². The summed E-state index contributed by atoms with van der Waals surface area (Å²) >= 11 is 7.20. The van der Waals surface area contributed by atoms with Crippen molar-refractivity contribution in [3.05, 3.63) is 83.4 Å². The first-order valence-electron chi connectivity index (χ1n) is 10.7. The lowest BCUT2D eigenvalue weighted by atomic mass is 10.1. The number of hydrogen-bond acceptors (Lipinski definition) is 5. The van der Waals surface area contributed by atoms with Gasteiger partial charge in [-0.3, -0.25) is 9.59 Å². The van der Waals surface area contributed by atoms with Gasteiger partial charge in [0, 0.05) is 29.4 Å². The van der Waals surface area contributed by atoms with E-state index in [1.165, 1.54) is 36.0 Å². The van der Waals surface area contributed by atoms with Crippen LogP contribution < -0.4 is 5.32 Å². The largest absolute Gasteiger partial charge is 0.328 e. The molecule has 34 heavy (non-hydrogen) atoms. The Kier molecular flexibility index (Phi) is 7.64. The molecule has 1 saturated heterocycles. The molecule has 1 atom stereocenters. The van der Waals surface area contributed by atoms with Crippen molar-refractivity contribution >= 4 is 40.9 Å². The van der Waals surface area contributed by atoms with Gasteiger partial charge in [-0.15, -0.1) is 16.8 Å². The van der Waals surface area contributed by atoms with Gasteiger partial charge in [-0.2, -0.15) is 0 Å². The molecule has 2 amide bonds. The summed E-state index contributed by atoms with van der Waals surface area (Å²) < 4.78 is 14.9. The number of likely N-dealkylation sites (tertiary alicyclic amines) is 1. The van der Waals surface area contributed by atoms with Crippen LogP contribution in [0.25, 0.3) is 0 Å². The minimum Gasteiger partial charge on any atom is -0.328 e. The number of halogens is 2. The van der Waals surface area contributed by atoms with Gasteiger partial charge in [0.15, 0.2) is 11.0 Å². The Morgan fingerprint density at radius 1 is 1.18 bits per heavy atom. The van der Waals surface area contributed by atoms with E-state index >= 15 is 0 Å². The quantitative estimate of drug-likeness (QED) is 0.350. The Balaban J connectivity index is 1.48. The van der Waals surface area contributed by atoms with E-state index in [0.717, 1.165) is 12.8 Å². The third-order valence-corrected chi connectivity index (χ3v) is 6.64. The maximum absolute atomic E-state index is 13.2. The fraction of sp³-hybridized carbons (Fsp3) is 0.250. The third kappa shape index (κ3) is 5.48. The SMILES string of the molecule is C=CCn1c(SCC(=O)Nc2ccc(F)cc2)nnc1C1CCCN1C(=O)c1ccc(Cl)cc1. The van der Waals surface area contributed by atoms with E-state index in [1.54, 1.807) is 30.3 Å². The Hall–Kier alpha value is -3.17. The summed E-state index contributed by atoms with van der Waals surface area (Å²) in [5.41, 5.74) is 1.08. The van der Waals surface area contributed by atoms with E-state index in [4.69, 9.17) is 11.6 Å². The van der Waals surface area contributed by atoms with Gasteiger partial charge in [-0.1, -0.05) is 29.4 Å². The zero-order valence-electron chi connectivity index (χ0n) is 18.3. The van der Waals surface area contributed by atoms with Crippen LogP contribution in [0, 0.1) is 5.82 Å². The minimum atomic E-state index is -0.368. The Morgan fingerprint density at radius 3 is 2.62 bits per heavy atom. The molecule has 1 unspecified atom stereocenters. The monoisotopic (exact) mass is 499 g/mol. The predicted molar refractivity (Wildman–Crippen MR) is 130 cm³/mol. The molecule has 1 aliphatic rings. The Labute approximate surface area is 206 Å². The van der Waals surface area contributed by atoms with E-state index in [0.29, 0.717) is 40.3 Å². The first-order valence-corrected chi connectivity index (χ1v) is 12.1. The molecule has 4 rings (SSSR count). The highest BCUT2D eigenvalue weighted by molar-refractivity contribution is 7.99. The van der Waals surface area contributed by atoms with Crippen molar-refractivity contribution in [2.45, 2.75) is 30.6 Å². The van der Waals surface area contributed by atoms with Crippen LogP contribution in [0.1, 0.15) is 35.1 Å². The van der Waals surface area contributed by atoms with Crippen molar-refractivity contribution < 1.29 is 14.0 Å². The fourth-order valence-corrected chi connectivity index (χ4v) is 4.73. The second-order valence-electron chi connectivity index (χ2n) is 7.75. The number of allylic oxidation sites excluding steroid dienone is 1. The summed E-state index contributed by atoms with van der Waals surface area (Å²) in [5.74, 6) is 0.0751. The number of rotatable bonds is 8. The molecule has 1 fully saturated rings. The highest BCUT2D eigenvalue weighted by Gasteiger charge is 2.34. The molecular formula is C24H23ClFN5O2S. The lowest BCUT2D eigenvalue weighted by Crippen LogP contribution is -2.32. The lowest BCUT2D eigenvalue weighted by molar-refractivity contribution is -0.113. The highest BCUT2D eigenvalue weighted by Crippen LogP contribution is 2.34. The number of aromatic nitrogens is 3. The topological polar surface area (TPSA) is 80.1 Å². The van der Waals surface area contributed by atoms with Crippen LogP contribution in [0.4, 0.5) is 10.1 Å². The van der Waals surface area contributed by atoms with Gasteiger partial charge in [-0.05, 0) is 61.4 Å². The van der Waals surface area contributed by atoms with Gasteiger partial charge in [0.1, 0.15) is 5.82 Å². The molecule has 10 heteroatoms. The molecule has 1 N–H and O–H groups in total. The number of carbonyl (C=O) groups excluding carboxylic acids is 2. The molecule has 1 aromatic heterocycles. The van der Waals surface area contributed by atoms with Crippen LogP contribution in [-0.2, 0) is 11.3 Å². The molecule has 1 aliphatic heterocycles. The zero-order chi connectivity index (χ0) is 24.1. The Bertz CT molecular complexity index is 1180. The van der Waals surface area contributed by atoms with Crippen molar-refractivity contribution in [2.24, 2.45) is 0 Å². The van der Waals surface area contributed by atoms with Crippen LogP contribution in [0.3, 0.4) is 0 Å². The second kappa shape index (κ2) is 10.8. The van der Waals surface area contributed by atoms with Gasteiger partial charge in [-0.25, -0.2) is 4.39 Å². The second-order valence-corrected chi connectivity index (χ2v) is 9.13. The molecule has 0 saturated carbocycles. The molecule has 0 aliphatic carbocycles. The molecular weight excluding hydrogens is 477 g/mol. The number of hydrogen-bond donors (Lipinski definition) is 1. The van der Waals surface area contributed by atoms with E-state index in [-0.39, 0.29) is 29.4 Å². The van der Waals surface area contributed by atoms with Gasteiger partial charge in [0.05, 0.1) is 11.8 Å². The van der Waals surface area contributed by atoms with Crippen LogP contribution in [-0.4, -0.2) is 43.8 Å². The standard InChI is InChI=1S/C24H23ClFN5O2S/c1-2-13-31-22(20-4-3-14-30(20)23(33)16-5-7-17(25)8-6-16)28-29-24(31)34-15-21(32)27-19-11-9-18(26)10-12-19/h2,5-12,20H,1,3-4,13-15H2,(H,27,32). The maximum atomic E-state index is 13.2. The average molecular weight is 500 g/mol. The summed E-state index contributed by atoms with van der Waals surface area (Å²) in [6.07, 6.45) is 3.35. The van der Waals surface area contributed by atoms with Crippen LogP contribution in [0.2, 0.25) is 5.02 Å². The van der Waals surface area contributed by atoms with Crippen LogP contribution in [0.15, 0.2) is 66.3 Å². The average Bonchev–Trinajstić information content (AvgIpc) is 3.46. The van der Waals surface area contributed by atoms with Gasteiger partial charge in [0.25, 0.3) is 5.91 Å². The summed E-state index contributed by atoms with van der Waals surface area (Å²) in [6, 6.07) is 12.2. The van der Waals surface area contributed by atoms with Crippen LogP contribution >= 0.6 is 23.4 Å². The molecule has 3 aromatic rings. The van der Waals surface area contributed by atoms with Crippen molar-refractivity contribution in [3.8, 4) is 0 Å². The van der Waals surface area contributed by atoms with Crippen molar-refractivity contribution in [2.75, 3.05) is 17.6 Å². The smallest absolute Gasteiger partial charge is 0.254 e. The normalized spacial score (nSPS) is 15.4. The molecule has 0 bridgehead atoms. The van der Waals surface area contributed by atoms with E-state index < -0.39 is 0 Å². The molecule has 2 heterocycles. The number of nitrogens with one attached hydrogen (secondary N) is 1. The number of nitrogens with zero attached hydrogens (tertiary/aromatic N) is 4. The number of benzene rings is 2. The molecule has 0 radical (unpaired) electrons. The predicted octanol–water partition coefficient (Wildman–Crippen LogP) is 4.96. The summed E-state index contributed by atoms with van der Waals surface area (Å²) in [5, 5.41) is 12.5. The third-order valence-electron chi connectivity index (χ3n) is 5.42. The number of carbonyl (C=O) groups is 2. The van der Waals surface area contributed by atoms with E-state index in [9.17, 15) is 14.0 Å². The number of amides is 2. The highest BCUT2D eigenvalue weighted by atomic mass is 35.5. The lowest BCUT2D eigenvalue weighted by Gasteiger charge is -2.24. The zero-order valence-corrected chi connectivity index (χ0v) is 19.9. The van der Waals surface area contributed by atoms with Gasteiger partial charge < -0.3 is 14.8 Å². The fourth-order valence-electron chi connectivity index (χ4n) is 3.85. The van der Waals surface area contributed by atoms with Crippen LogP contribution in [0.5, 0.6) is 0 Å². The number of anilines is 1. The molecule has 7 nitrogen and oxygen atoms in total. The number of thioether (sulfide) groups is 1. The molecule has 176 valence electrons. The first kappa shape index (κ1) is 24.0. The maximum Gasteiger partial charge on any atom is 0.254 e. The molecule has 2 aromatic carbocycles. The first-order chi connectivity index (χ1) is 16.5. The van der Waals surface area contributed by atoms with Gasteiger partial charge >= 0.3 is 0 Å². The summed E-state index contributed by atoms with van der Waals surface area (Å²) in [4.78, 5) is 27.3. The summed E-state index contributed by atoms with van der Waals surface area (Å²) in [7, 11) is 0. The van der Waals surface area contributed by atoms with E-state index in [2.05, 4.69) is 22.1 Å². The van der Waals surface area contributed by atoms with Crippen molar-refractivity contribution in [3.63, 3.8) is 0 Å².